The third-order valence-electron chi connectivity index (χ3n) is 3.65. The standard InChI is InChI=1S/C17H14N2O2/c1-3-7-15-13(5-1)17(18-11-12-9-10-19-21-12)14-6-2-4-8-16(14)20-15/h1-10,17-18H,11H2. The van der Waals surface area contributed by atoms with Gasteiger partial charge in [-0.05, 0) is 12.1 Å². The zero-order chi connectivity index (χ0) is 14.1. The van der Waals surface area contributed by atoms with Crippen LogP contribution in [0.25, 0.3) is 0 Å². The van der Waals surface area contributed by atoms with Gasteiger partial charge in [-0.2, -0.15) is 0 Å². The molecule has 2 heterocycles. The maximum Gasteiger partial charge on any atom is 0.150 e. The molecule has 0 saturated heterocycles. The highest BCUT2D eigenvalue weighted by Crippen LogP contribution is 2.42. The molecule has 1 aromatic heterocycles. The molecule has 4 rings (SSSR count). The van der Waals surface area contributed by atoms with Crippen LogP contribution in [0.5, 0.6) is 11.5 Å². The summed E-state index contributed by atoms with van der Waals surface area (Å²) in [4.78, 5) is 0. The number of para-hydroxylation sites is 2. The van der Waals surface area contributed by atoms with Gasteiger partial charge in [0.15, 0.2) is 0 Å². The molecular formula is C17H14N2O2. The molecule has 4 heteroatoms. The van der Waals surface area contributed by atoms with Crippen molar-refractivity contribution in [3.8, 4) is 11.5 Å². The number of nitrogens with one attached hydrogen (secondary N) is 1. The van der Waals surface area contributed by atoms with Crippen molar-refractivity contribution >= 4 is 0 Å². The quantitative estimate of drug-likeness (QED) is 0.794. The van der Waals surface area contributed by atoms with Crippen molar-refractivity contribution in [2.45, 2.75) is 12.6 Å². The minimum atomic E-state index is 0.0799. The van der Waals surface area contributed by atoms with E-state index in [-0.39, 0.29) is 6.04 Å². The SMILES string of the molecule is c1ccc2c(c1)Oc1ccccc1C2NCc1ccno1. The van der Waals surface area contributed by atoms with E-state index in [1.807, 2.05) is 42.5 Å². The number of nitrogens with zero attached hydrogens (tertiary/aromatic N) is 1. The van der Waals surface area contributed by atoms with E-state index in [1.54, 1.807) is 6.20 Å². The van der Waals surface area contributed by atoms with E-state index in [1.165, 1.54) is 0 Å². The van der Waals surface area contributed by atoms with Gasteiger partial charge in [0.1, 0.15) is 17.3 Å². The van der Waals surface area contributed by atoms with E-state index in [0.29, 0.717) is 6.54 Å². The lowest BCUT2D eigenvalue weighted by Crippen LogP contribution is -2.25. The van der Waals surface area contributed by atoms with Gasteiger partial charge in [-0.1, -0.05) is 41.6 Å². The molecule has 21 heavy (non-hydrogen) atoms. The molecule has 0 atom stereocenters. The van der Waals surface area contributed by atoms with Gasteiger partial charge in [0, 0.05) is 17.2 Å². The second kappa shape index (κ2) is 5.07. The second-order valence-corrected chi connectivity index (χ2v) is 4.97. The third-order valence-corrected chi connectivity index (χ3v) is 3.65. The van der Waals surface area contributed by atoms with E-state index in [4.69, 9.17) is 9.26 Å². The number of rotatable bonds is 3. The highest BCUT2D eigenvalue weighted by atomic mass is 16.5. The van der Waals surface area contributed by atoms with Crippen LogP contribution in [-0.2, 0) is 6.54 Å². The lowest BCUT2D eigenvalue weighted by molar-refractivity contribution is 0.362. The monoisotopic (exact) mass is 278 g/mol. The molecule has 3 aromatic rings. The van der Waals surface area contributed by atoms with Gasteiger partial charge < -0.3 is 9.26 Å². The maximum atomic E-state index is 5.97. The summed E-state index contributed by atoms with van der Waals surface area (Å²) in [5.74, 6) is 2.61. The molecule has 1 aliphatic rings. The van der Waals surface area contributed by atoms with Crippen molar-refractivity contribution in [1.29, 1.82) is 0 Å². The molecule has 0 radical (unpaired) electrons. The van der Waals surface area contributed by atoms with E-state index < -0.39 is 0 Å². The Bertz CT molecular complexity index is 707. The molecule has 0 amide bonds. The summed E-state index contributed by atoms with van der Waals surface area (Å²) in [6.07, 6.45) is 1.66. The van der Waals surface area contributed by atoms with Crippen molar-refractivity contribution in [3.05, 3.63) is 77.7 Å². The van der Waals surface area contributed by atoms with E-state index in [2.05, 4.69) is 22.6 Å². The maximum absolute atomic E-state index is 5.97. The van der Waals surface area contributed by atoms with Crippen LogP contribution >= 0.6 is 0 Å². The minimum absolute atomic E-state index is 0.0799. The van der Waals surface area contributed by atoms with Crippen molar-refractivity contribution < 1.29 is 9.26 Å². The minimum Gasteiger partial charge on any atom is -0.457 e. The normalized spacial score (nSPS) is 13.3. The van der Waals surface area contributed by atoms with Crippen molar-refractivity contribution in [1.82, 2.24) is 10.5 Å². The lowest BCUT2D eigenvalue weighted by atomic mass is 9.94. The van der Waals surface area contributed by atoms with Gasteiger partial charge in [-0.3, -0.25) is 5.32 Å². The molecular weight excluding hydrogens is 264 g/mol. The Morgan fingerprint density at radius 3 is 2.19 bits per heavy atom. The fourth-order valence-corrected chi connectivity index (χ4v) is 2.67. The number of aromatic nitrogens is 1. The largest absolute Gasteiger partial charge is 0.457 e. The topological polar surface area (TPSA) is 47.3 Å². The molecule has 0 unspecified atom stereocenters. The number of fused-ring (bicyclic) bond motifs is 2. The average Bonchev–Trinajstić information content (AvgIpc) is 3.05. The summed E-state index contributed by atoms with van der Waals surface area (Å²) in [5, 5.41) is 7.26. The Balaban J connectivity index is 1.71. The van der Waals surface area contributed by atoms with Crippen LogP contribution in [0.4, 0.5) is 0 Å². The number of hydrogen-bond donors (Lipinski definition) is 1. The highest BCUT2D eigenvalue weighted by Gasteiger charge is 2.26. The molecule has 0 bridgehead atoms. The Morgan fingerprint density at radius 2 is 1.57 bits per heavy atom. The number of hydrogen-bond acceptors (Lipinski definition) is 4. The van der Waals surface area contributed by atoms with Crippen molar-refractivity contribution in [2.24, 2.45) is 0 Å². The Kier molecular flexibility index (Phi) is 2.94. The summed E-state index contributed by atoms with van der Waals surface area (Å²) in [6.45, 7) is 0.618. The Morgan fingerprint density at radius 1 is 0.905 bits per heavy atom. The molecule has 2 aromatic carbocycles. The first-order chi connectivity index (χ1) is 10.4. The van der Waals surface area contributed by atoms with Crippen LogP contribution in [0.15, 0.2) is 65.3 Å². The molecule has 4 nitrogen and oxygen atoms in total. The molecule has 0 spiro atoms. The van der Waals surface area contributed by atoms with E-state index in [9.17, 15) is 0 Å². The summed E-state index contributed by atoms with van der Waals surface area (Å²) in [5.41, 5.74) is 2.27. The lowest BCUT2D eigenvalue weighted by Gasteiger charge is -2.28. The first-order valence-electron chi connectivity index (χ1n) is 6.90. The molecule has 1 N–H and O–H groups in total. The van der Waals surface area contributed by atoms with E-state index >= 15 is 0 Å². The molecule has 104 valence electrons. The van der Waals surface area contributed by atoms with Gasteiger partial charge in [0.05, 0.1) is 18.8 Å². The smallest absolute Gasteiger partial charge is 0.150 e. The zero-order valence-electron chi connectivity index (χ0n) is 11.3. The van der Waals surface area contributed by atoms with Gasteiger partial charge in [0.2, 0.25) is 0 Å². The summed E-state index contributed by atoms with van der Waals surface area (Å²) in [6, 6.07) is 18.1. The van der Waals surface area contributed by atoms with Crippen molar-refractivity contribution in [3.63, 3.8) is 0 Å². The van der Waals surface area contributed by atoms with Gasteiger partial charge in [-0.15, -0.1) is 0 Å². The summed E-state index contributed by atoms with van der Waals surface area (Å²) in [7, 11) is 0. The van der Waals surface area contributed by atoms with Crippen molar-refractivity contribution in [2.75, 3.05) is 0 Å². The second-order valence-electron chi connectivity index (χ2n) is 4.97. The number of benzene rings is 2. The van der Waals surface area contributed by atoms with Crippen LogP contribution in [0.2, 0.25) is 0 Å². The predicted octanol–water partition coefficient (Wildman–Crippen LogP) is 3.66. The fraction of sp³-hybridized carbons (Fsp3) is 0.118. The first kappa shape index (κ1) is 12.2. The van der Waals surface area contributed by atoms with Gasteiger partial charge in [-0.25, -0.2) is 0 Å². The summed E-state index contributed by atoms with van der Waals surface area (Å²) < 4.78 is 11.1. The van der Waals surface area contributed by atoms with Gasteiger partial charge in [0.25, 0.3) is 0 Å². The van der Waals surface area contributed by atoms with Gasteiger partial charge >= 0.3 is 0 Å². The molecule has 0 aliphatic carbocycles. The Hall–Kier alpha value is -2.59. The average molecular weight is 278 g/mol. The van der Waals surface area contributed by atoms with Crippen LogP contribution in [-0.4, -0.2) is 5.16 Å². The molecule has 0 fully saturated rings. The Labute approximate surface area is 122 Å². The summed E-state index contributed by atoms with van der Waals surface area (Å²) >= 11 is 0. The van der Waals surface area contributed by atoms with Crippen LogP contribution in [0, 0.1) is 0 Å². The van der Waals surface area contributed by atoms with Crippen LogP contribution in [0.3, 0.4) is 0 Å². The molecule has 0 saturated carbocycles. The van der Waals surface area contributed by atoms with E-state index in [0.717, 1.165) is 28.4 Å². The fourth-order valence-electron chi connectivity index (χ4n) is 2.67. The predicted molar refractivity (Wildman–Crippen MR) is 78.1 cm³/mol. The molecule has 1 aliphatic heterocycles. The zero-order valence-corrected chi connectivity index (χ0v) is 11.3. The highest BCUT2D eigenvalue weighted by molar-refractivity contribution is 5.52. The van der Waals surface area contributed by atoms with Crippen LogP contribution in [0.1, 0.15) is 22.9 Å². The number of ether oxygens (including phenoxy) is 1. The third kappa shape index (κ3) is 2.19. The first-order valence-corrected chi connectivity index (χ1v) is 6.90. The van der Waals surface area contributed by atoms with Crippen LogP contribution < -0.4 is 10.1 Å².